The van der Waals surface area contributed by atoms with E-state index in [9.17, 15) is 4.79 Å². The van der Waals surface area contributed by atoms with E-state index in [1.807, 2.05) is 5.92 Å². The first-order valence-corrected chi connectivity index (χ1v) is 6.15. The number of nitrogens with zero attached hydrogens (tertiary/aromatic N) is 2. The van der Waals surface area contributed by atoms with Gasteiger partial charge >= 0.3 is 5.97 Å². The Kier molecular flexibility index (Phi) is 4.70. The van der Waals surface area contributed by atoms with Crippen LogP contribution in [-0.2, 0) is 4.79 Å². The highest BCUT2D eigenvalue weighted by Gasteiger charge is 2.14. The maximum atomic E-state index is 10.4. The summed E-state index contributed by atoms with van der Waals surface area (Å²) in [4.78, 5) is 18.4. The predicted octanol–water partition coefficient (Wildman–Crippen LogP) is 0.291. The maximum absolute atomic E-state index is 10.4. The first-order valence-electron chi connectivity index (χ1n) is 6.15. The highest BCUT2D eigenvalue weighted by Crippen LogP contribution is 2.14. The summed E-state index contributed by atoms with van der Waals surface area (Å²) in [6.07, 6.45) is 5.21. The Hall–Kier alpha value is -2.13. The lowest BCUT2D eigenvalue weighted by Gasteiger charge is -2.22. The maximum Gasteiger partial charge on any atom is 0.382 e. The Labute approximate surface area is 111 Å². The summed E-state index contributed by atoms with van der Waals surface area (Å²) in [7, 11) is 0. The number of ether oxygens (including phenoxy) is 1. The van der Waals surface area contributed by atoms with Crippen LogP contribution in [0.1, 0.15) is 18.5 Å². The first kappa shape index (κ1) is 13.3. The second-order valence-electron chi connectivity index (χ2n) is 4.29. The molecule has 2 rings (SSSR count). The number of hydrogen-bond acceptors (Lipinski definition) is 5. The van der Waals surface area contributed by atoms with Crippen LogP contribution in [0.4, 0.5) is 0 Å². The van der Waals surface area contributed by atoms with Crippen molar-refractivity contribution in [1.29, 1.82) is 0 Å². The average molecular weight is 261 g/mol. The third kappa shape index (κ3) is 4.23. The van der Waals surface area contributed by atoms with Crippen molar-refractivity contribution in [3.8, 4) is 17.7 Å². The second kappa shape index (κ2) is 6.71. The van der Waals surface area contributed by atoms with Crippen molar-refractivity contribution in [2.45, 2.75) is 12.8 Å². The molecule has 0 bridgehead atoms. The molecule has 100 valence electrons. The third-order valence-corrected chi connectivity index (χ3v) is 2.81. The number of carboxylic acids is 1. The molecular formula is C13H15N3O3. The van der Waals surface area contributed by atoms with E-state index in [2.05, 4.69) is 21.2 Å². The van der Waals surface area contributed by atoms with Gasteiger partial charge in [0, 0.05) is 30.8 Å². The van der Waals surface area contributed by atoms with Crippen LogP contribution in [0.2, 0.25) is 0 Å². The van der Waals surface area contributed by atoms with E-state index < -0.39 is 5.97 Å². The zero-order chi connectivity index (χ0) is 13.5. The summed E-state index contributed by atoms with van der Waals surface area (Å²) in [5, 5.41) is 11.8. The van der Waals surface area contributed by atoms with E-state index in [-0.39, 0.29) is 5.69 Å². The number of piperidine rings is 1. The van der Waals surface area contributed by atoms with Crippen LogP contribution < -0.4 is 10.1 Å². The normalized spacial score (nSPS) is 18.2. The van der Waals surface area contributed by atoms with E-state index in [0.29, 0.717) is 18.4 Å². The minimum absolute atomic E-state index is 0.258. The molecule has 1 unspecified atom stereocenters. The molecule has 0 aromatic carbocycles. The van der Waals surface area contributed by atoms with E-state index in [1.54, 1.807) is 0 Å². The molecule has 1 fully saturated rings. The van der Waals surface area contributed by atoms with Gasteiger partial charge < -0.3 is 15.2 Å². The molecule has 1 aromatic heterocycles. The van der Waals surface area contributed by atoms with E-state index in [4.69, 9.17) is 9.84 Å². The lowest BCUT2D eigenvalue weighted by molar-refractivity contribution is -0.130. The zero-order valence-electron chi connectivity index (χ0n) is 10.4. The van der Waals surface area contributed by atoms with Crippen LogP contribution in [0.5, 0.6) is 5.88 Å². The largest absolute Gasteiger partial charge is 0.475 e. The fraction of sp³-hybridized carbons (Fsp3) is 0.462. The molecule has 2 heterocycles. The van der Waals surface area contributed by atoms with Gasteiger partial charge in [-0.25, -0.2) is 14.8 Å². The van der Waals surface area contributed by atoms with E-state index in [0.717, 1.165) is 25.9 Å². The monoisotopic (exact) mass is 261 g/mol. The summed E-state index contributed by atoms with van der Waals surface area (Å²) in [5.41, 5.74) is 0.258. The van der Waals surface area contributed by atoms with Crippen LogP contribution in [-0.4, -0.2) is 40.7 Å². The summed E-state index contributed by atoms with van der Waals surface area (Å²) in [6, 6.07) is 0. The fourth-order valence-corrected chi connectivity index (χ4v) is 1.89. The van der Waals surface area contributed by atoms with Gasteiger partial charge in [0.2, 0.25) is 5.88 Å². The van der Waals surface area contributed by atoms with Crippen LogP contribution in [0.15, 0.2) is 12.4 Å². The number of aliphatic carboxylic acids is 1. The molecule has 6 heteroatoms. The molecule has 1 aliphatic heterocycles. The minimum atomic E-state index is -1.20. The number of rotatable bonds is 3. The summed E-state index contributed by atoms with van der Waals surface area (Å²) >= 11 is 0. The average Bonchev–Trinajstić information content (AvgIpc) is 2.45. The topological polar surface area (TPSA) is 84.3 Å². The molecule has 1 aliphatic rings. The summed E-state index contributed by atoms with van der Waals surface area (Å²) in [5.74, 6) is 3.98. The standard InChI is InChI=1S/C13H15N3O3/c17-12(18)4-3-11-13(16-7-6-15-11)19-9-10-2-1-5-14-8-10/h6-7,10,14H,1-2,5,8-9H2,(H,17,18). The van der Waals surface area contributed by atoms with Gasteiger partial charge in [0.1, 0.15) is 0 Å². The fourth-order valence-electron chi connectivity index (χ4n) is 1.89. The van der Waals surface area contributed by atoms with Gasteiger partial charge in [-0.2, -0.15) is 0 Å². The lowest BCUT2D eigenvalue weighted by atomic mass is 10.0. The van der Waals surface area contributed by atoms with Crippen molar-refractivity contribution in [3.05, 3.63) is 18.1 Å². The Morgan fingerprint density at radius 2 is 2.37 bits per heavy atom. The van der Waals surface area contributed by atoms with Gasteiger partial charge in [0.05, 0.1) is 6.61 Å². The second-order valence-corrected chi connectivity index (χ2v) is 4.29. The van der Waals surface area contributed by atoms with Gasteiger partial charge in [-0.05, 0) is 25.3 Å². The number of nitrogens with one attached hydrogen (secondary N) is 1. The summed E-state index contributed by atoms with van der Waals surface area (Å²) in [6.45, 7) is 2.51. The van der Waals surface area contributed by atoms with Crippen molar-refractivity contribution in [1.82, 2.24) is 15.3 Å². The van der Waals surface area contributed by atoms with Crippen molar-refractivity contribution in [3.63, 3.8) is 0 Å². The quantitative estimate of drug-likeness (QED) is 0.761. The molecule has 0 saturated carbocycles. The minimum Gasteiger partial charge on any atom is -0.475 e. The molecule has 0 spiro atoms. The van der Waals surface area contributed by atoms with Crippen LogP contribution >= 0.6 is 0 Å². The van der Waals surface area contributed by atoms with Crippen molar-refractivity contribution >= 4 is 5.97 Å². The third-order valence-electron chi connectivity index (χ3n) is 2.81. The zero-order valence-corrected chi connectivity index (χ0v) is 10.4. The molecular weight excluding hydrogens is 246 g/mol. The molecule has 0 aliphatic carbocycles. The van der Waals surface area contributed by atoms with Crippen LogP contribution in [0.25, 0.3) is 0 Å². The highest BCUT2D eigenvalue weighted by molar-refractivity contribution is 5.87. The molecule has 0 radical (unpaired) electrons. The highest BCUT2D eigenvalue weighted by atomic mass is 16.5. The SMILES string of the molecule is O=C(O)C#Cc1nccnc1OCC1CCCNC1. The number of aromatic nitrogens is 2. The predicted molar refractivity (Wildman–Crippen MR) is 67.6 cm³/mol. The first-order chi connectivity index (χ1) is 9.25. The van der Waals surface area contributed by atoms with Crippen LogP contribution in [0, 0.1) is 17.8 Å². The number of carbonyl (C=O) groups is 1. The van der Waals surface area contributed by atoms with Gasteiger partial charge in [0.25, 0.3) is 0 Å². The number of hydrogen-bond donors (Lipinski definition) is 2. The molecule has 2 N–H and O–H groups in total. The number of carboxylic acid groups (broad SMARTS) is 1. The van der Waals surface area contributed by atoms with Gasteiger partial charge in [-0.1, -0.05) is 0 Å². The Balaban J connectivity index is 1.99. The molecule has 1 aromatic rings. The van der Waals surface area contributed by atoms with Gasteiger partial charge in [-0.15, -0.1) is 0 Å². The molecule has 1 saturated heterocycles. The Bertz CT molecular complexity index is 501. The van der Waals surface area contributed by atoms with Crippen LogP contribution in [0.3, 0.4) is 0 Å². The summed E-state index contributed by atoms with van der Waals surface area (Å²) < 4.78 is 5.60. The molecule has 0 amide bonds. The van der Waals surface area contributed by atoms with Crippen molar-refractivity contribution in [2.24, 2.45) is 5.92 Å². The Morgan fingerprint density at radius 3 is 3.11 bits per heavy atom. The Morgan fingerprint density at radius 1 is 1.53 bits per heavy atom. The van der Waals surface area contributed by atoms with Crippen molar-refractivity contribution < 1.29 is 14.6 Å². The van der Waals surface area contributed by atoms with Gasteiger partial charge in [-0.3, -0.25) is 0 Å². The van der Waals surface area contributed by atoms with Gasteiger partial charge in [0.15, 0.2) is 5.69 Å². The molecule has 6 nitrogen and oxygen atoms in total. The smallest absolute Gasteiger partial charge is 0.382 e. The van der Waals surface area contributed by atoms with E-state index in [1.165, 1.54) is 12.4 Å². The van der Waals surface area contributed by atoms with Crippen molar-refractivity contribution in [2.75, 3.05) is 19.7 Å². The lowest BCUT2D eigenvalue weighted by Crippen LogP contribution is -2.33. The van der Waals surface area contributed by atoms with E-state index >= 15 is 0 Å². The molecule has 1 atom stereocenters. The molecule has 19 heavy (non-hydrogen) atoms.